The molecule has 0 aliphatic heterocycles. The molecule has 0 heterocycles. The minimum Gasteiger partial charge on any atom is -0.207 e. The molecule has 0 N–H and O–H groups in total. The van der Waals surface area contributed by atoms with Crippen LogP contribution in [0.5, 0.6) is 0 Å². The molecule has 1 aromatic rings. The number of nitrogens with zero attached hydrogens (tertiary/aromatic N) is 1. The number of benzene rings is 1. The molecular weight excluding hydrogens is 161 g/mol. The number of nitriles is 1. The predicted octanol–water partition coefficient (Wildman–Crippen LogP) is 2.71. The smallest absolute Gasteiger partial charge is 0.138 e. The normalized spacial score (nSPS) is 9.18. The molecule has 11 heavy (non-hydrogen) atoms. The summed E-state index contributed by atoms with van der Waals surface area (Å²) in [5.74, 6) is -0.229. The van der Waals surface area contributed by atoms with Crippen LogP contribution in [-0.2, 0) is 0 Å². The van der Waals surface area contributed by atoms with E-state index in [1.54, 1.807) is 19.1 Å². The number of rotatable bonds is 1. The van der Waals surface area contributed by atoms with Crippen LogP contribution >= 0.6 is 11.8 Å². The van der Waals surface area contributed by atoms with Gasteiger partial charge in [-0.1, -0.05) is 0 Å². The highest BCUT2D eigenvalue weighted by Crippen LogP contribution is 2.18. The second-order valence-corrected chi connectivity index (χ2v) is 2.96. The summed E-state index contributed by atoms with van der Waals surface area (Å²) in [6.07, 6.45) is 0. The first-order chi connectivity index (χ1) is 5.24. The van der Waals surface area contributed by atoms with E-state index in [1.165, 1.54) is 6.07 Å². The Morgan fingerprint density at radius 3 is 2.82 bits per heavy atom. The third-order valence-electron chi connectivity index (χ3n) is 1.29. The second kappa shape index (κ2) is 3.40. The molecule has 0 saturated heterocycles. The minimum atomic E-state index is -0.229. The van der Waals surface area contributed by atoms with Crippen molar-refractivity contribution in [2.24, 2.45) is 0 Å². The molecule has 3 heteroatoms. The monoisotopic (exact) mass is 167 g/mol. The van der Waals surface area contributed by atoms with Crippen molar-refractivity contribution in [1.29, 1.82) is 5.26 Å². The fourth-order valence-electron chi connectivity index (χ4n) is 0.733. The fourth-order valence-corrected chi connectivity index (χ4v) is 1.21. The van der Waals surface area contributed by atoms with Gasteiger partial charge in [0.15, 0.2) is 0 Å². The maximum absolute atomic E-state index is 12.6. The second-order valence-electron chi connectivity index (χ2n) is 2.10. The predicted molar refractivity (Wildman–Crippen MR) is 42.6 cm³/mol. The number of hydrogen-bond acceptors (Lipinski definition) is 2. The van der Waals surface area contributed by atoms with Crippen LogP contribution in [0.25, 0.3) is 0 Å². The zero-order valence-electron chi connectivity index (χ0n) is 5.97. The highest BCUT2D eigenvalue weighted by atomic mass is 32.2. The molecule has 1 aromatic carbocycles. The van der Waals surface area contributed by atoms with Crippen molar-refractivity contribution in [2.45, 2.75) is 11.8 Å². The molecule has 0 aliphatic carbocycles. The van der Waals surface area contributed by atoms with Gasteiger partial charge in [0.2, 0.25) is 0 Å². The van der Waals surface area contributed by atoms with Gasteiger partial charge in [0, 0.05) is 4.90 Å². The van der Waals surface area contributed by atoms with Crippen molar-refractivity contribution >= 4 is 11.8 Å². The lowest BCUT2D eigenvalue weighted by atomic mass is 10.2. The van der Waals surface area contributed by atoms with E-state index in [2.05, 4.69) is 0 Å². The molecule has 0 atom stereocenters. The lowest BCUT2D eigenvalue weighted by Crippen LogP contribution is -1.80. The first-order valence-electron chi connectivity index (χ1n) is 3.06. The van der Waals surface area contributed by atoms with Crippen molar-refractivity contribution in [1.82, 2.24) is 0 Å². The summed E-state index contributed by atoms with van der Waals surface area (Å²) in [5, 5.41) is 10.2. The Balaban J connectivity index is 2.98. The number of thiocyanates is 1. The molecule has 0 bridgehead atoms. The van der Waals surface area contributed by atoms with E-state index in [1.807, 2.05) is 5.40 Å². The average Bonchev–Trinajstić information content (AvgIpc) is 1.98. The van der Waals surface area contributed by atoms with Crippen molar-refractivity contribution in [2.75, 3.05) is 0 Å². The molecule has 0 aromatic heterocycles. The summed E-state index contributed by atoms with van der Waals surface area (Å²) < 4.78 is 12.6. The van der Waals surface area contributed by atoms with Gasteiger partial charge in [-0.2, -0.15) is 5.26 Å². The molecule has 56 valence electrons. The molecule has 1 nitrogen and oxygen atoms in total. The van der Waals surface area contributed by atoms with Gasteiger partial charge in [0.05, 0.1) is 0 Å². The number of thioether (sulfide) groups is 1. The standard InChI is InChI=1S/C8H6FNS/c1-6-4-7(11-5-10)2-3-8(6)9/h2-4H,1H3. The summed E-state index contributed by atoms with van der Waals surface area (Å²) in [6.45, 7) is 1.68. The lowest BCUT2D eigenvalue weighted by Gasteiger charge is -1.96. The summed E-state index contributed by atoms with van der Waals surface area (Å²) in [4.78, 5) is 0.784. The van der Waals surface area contributed by atoms with Crippen molar-refractivity contribution in [3.05, 3.63) is 29.6 Å². The molecule has 0 unspecified atom stereocenters. The Morgan fingerprint density at radius 1 is 1.55 bits per heavy atom. The van der Waals surface area contributed by atoms with E-state index in [0.29, 0.717) is 5.56 Å². The van der Waals surface area contributed by atoms with E-state index in [9.17, 15) is 4.39 Å². The first-order valence-corrected chi connectivity index (χ1v) is 3.88. The minimum absolute atomic E-state index is 0.229. The van der Waals surface area contributed by atoms with E-state index >= 15 is 0 Å². The van der Waals surface area contributed by atoms with Gasteiger partial charge in [-0.15, -0.1) is 0 Å². The fraction of sp³-hybridized carbons (Fsp3) is 0.125. The van der Waals surface area contributed by atoms with Crippen molar-refractivity contribution in [3.63, 3.8) is 0 Å². The van der Waals surface area contributed by atoms with Gasteiger partial charge in [-0.25, -0.2) is 4.39 Å². The van der Waals surface area contributed by atoms with E-state index in [-0.39, 0.29) is 5.82 Å². The van der Waals surface area contributed by atoms with Crippen LogP contribution < -0.4 is 0 Å². The zero-order chi connectivity index (χ0) is 8.27. The van der Waals surface area contributed by atoms with Crippen LogP contribution in [0.1, 0.15) is 5.56 Å². The van der Waals surface area contributed by atoms with E-state index in [0.717, 1.165) is 16.7 Å². The number of hydrogen-bond donors (Lipinski definition) is 0. The molecule has 1 rings (SSSR count). The Bertz CT molecular complexity index is 303. The van der Waals surface area contributed by atoms with Crippen LogP contribution in [0.4, 0.5) is 4.39 Å². The number of halogens is 1. The van der Waals surface area contributed by atoms with Gasteiger partial charge < -0.3 is 0 Å². The molecule has 0 radical (unpaired) electrons. The Morgan fingerprint density at radius 2 is 2.27 bits per heavy atom. The highest BCUT2D eigenvalue weighted by Gasteiger charge is 1.97. The molecule has 0 aliphatic rings. The Kier molecular flexibility index (Phi) is 2.50. The maximum Gasteiger partial charge on any atom is 0.138 e. The largest absolute Gasteiger partial charge is 0.207 e. The quantitative estimate of drug-likeness (QED) is 0.474. The third-order valence-corrected chi connectivity index (χ3v) is 1.87. The summed E-state index contributed by atoms with van der Waals surface area (Å²) >= 11 is 1.04. The van der Waals surface area contributed by atoms with Crippen LogP contribution in [-0.4, -0.2) is 0 Å². The molecular formula is C8H6FNS. The topological polar surface area (TPSA) is 23.8 Å². The maximum atomic E-state index is 12.6. The summed E-state index contributed by atoms with van der Waals surface area (Å²) in [7, 11) is 0. The van der Waals surface area contributed by atoms with Gasteiger partial charge in [-0.05, 0) is 42.4 Å². The SMILES string of the molecule is Cc1cc(SC#N)ccc1F. The van der Waals surface area contributed by atoms with Gasteiger partial charge in [0.25, 0.3) is 0 Å². The average molecular weight is 167 g/mol. The summed E-state index contributed by atoms with van der Waals surface area (Å²) in [6, 6.07) is 4.62. The van der Waals surface area contributed by atoms with Gasteiger partial charge >= 0.3 is 0 Å². The molecule has 0 saturated carbocycles. The first kappa shape index (κ1) is 8.09. The van der Waals surface area contributed by atoms with Crippen LogP contribution in [0.3, 0.4) is 0 Å². The van der Waals surface area contributed by atoms with E-state index in [4.69, 9.17) is 5.26 Å². The zero-order valence-corrected chi connectivity index (χ0v) is 6.78. The van der Waals surface area contributed by atoms with Crippen LogP contribution in [0.2, 0.25) is 0 Å². The number of aryl methyl sites for hydroxylation is 1. The lowest BCUT2D eigenvalue weighted by molar-refractivity contribution is 0.617. The highest BCUT2D eigenvalue weighted by molar-refractivity contribution is 8.03. The van der Waals surface area contributed by atoms with Gasteiger partial charge in [0.1, 0.15) is 11.2 Å². The Labute approximate surface area is 68.8 Å². The molecule has 0 fully saturated rings. The van der Waals surface area contributed by atoms with E-state index < -0.39 is 0 Å². The van der Waals surface area contributed by atoms with Crippen molar-refractivity contribution < 1.29 is 4.39 Å². The molecule has 0 spiro atoms. The van der Waals surface area contributed by atoms with Crippen LogP contribution in [0.15, 0.2) is 23.1 Å². The van der Waals surface area contributed by atoms with Gasteiger partial charge in [-0.3, -0.25) is 0 Å². The Hall–Kier alpha value is -1.01. The molecule has 0 amide bonds. The summed E-state index contributed by atoms with van der Waals surface area (Å²) in [5.41, 5.74) is 0.574. The van der Waals surface area contributed by atoms with Crippen LogP contribution in [0, 0.1) is 23.4 Å². The van der Waals surface area contributed by atoms with Crippen molar-refractivity contribution in [3.8, 4) is 5.40 Å². The third kappa shape index (κ3) is 1.95.